The summed E-state index contributed by atoms with van der Waals surface area (Å²) in [5.41, 5.74) is 6.69. The molecule has 1 aromatic heterocycles. The van der Waals surface area contributed by atoms with Gasteiger partial charge in [0.1, 0.15) is 5.82 Å². The molecule has 106 valence electrons. The van der Waals surface area contributed by atoms with Gasteiger partial charge in [0, 0.05) is 38.9 Å². The van der Waals surface area contributed by atoms with Gasteiger partial charge in [-0.3, -0.25) is 4.90 Å². The third-order valence-corrected chi connectivity index (χ3v) is 3.82. The van der Waals surface area contributed by atoms with Crippen LogP contribution in [0.5, 0.6) is 0 Å². The van der Waals surface area contributed by atoms with E-state index in [1.54, 1.807) is 0 Å². The number of anilines is 1. The van der Waals surface area contributed by atoms with Gasteiger partial charge in [0.25, 0.3) is 0 Å². The third-order valence-electron chi connectivity index (χ3n) is 3.82. The Kier molecular flexibility index (Phi) is 5.61. The summed E-state index contributed by atoms with van der Waals surface area (Å²) in [5, 5.41) is 0. The normalized spacial score (nSPS) is 16.8. The summed E-state index contributed by atoms with van der Waals surface area (Å²) in [5.74, 6) is 1.09. The predicted octanol–water partition coefficient (Wildman–Crippen LogP) is 1.85. The zero-order valence-corrected chi connectivity index (χ0v) is 12.0. The maximum absolute atomic E-state index is 5.59. The van der Waals surface area contributed by atoms with Gasteiger partial charge in [-0.15, -0.1) is 0 Å². The fourth-order valence-corrected chi connectivity index (χ4v) is 2.51. The number of aromatic nitrogens is 1. The maximum Gasteiger partial charge on any atom is 0.128 e. The average Bonchev–Trinajstić information content (AvgIpc) is 2.48. The lowest BCUT2D eigenvalue weighted by Gasteiger charge is -2.35. The first-order valence-corrected chi connectivity index (χ1v) is 7.45. The maximum atomic E-state index is 5.59. The summed E-state index contributed by atoms with van der Waals surface area (Å²) in [4.78, 5) is 9.44. The lowest BCUT2D eigenvalue weighted by molar-refractivity contribution is 0.252. The zero-order chi connectivity index (χ0) is 13.5. The molecule has 1 aliphatic rings. The average molecular weight is 262 g/mol. The van der Waals surface area contributed by atoms with Crippen LogP contribution in [-0.4, -0.2) is 42.6 Å². The van der Waals surface area contributed by atoms with Crippen molar-refractivity contribution in [2.75, 3.05) is 37.6 Å². The second-order valence-corrected chi connectivity index (χ2v) is 5.26. The first kappa shape index (κ1) is 14.3. The Labute approximate surface area is 116 Å². The minimum Gasteiger partial charge on any atom is -0.354 e. The molecule has 4 heteroatoms. The molecule has 0 radical (unpaired) electrons. The Bertz CT molecular complexity index is 355. The summed E-state index contributed by atoms with van der Waals surface area (Å²) in [6.45, 7) is 8.56. The van der Waals surface area contributed by atoms with Gasteiger partial charge in [0.2, 0.25) is 0 Å². The number of nitrogens with zero attached hydrogens (tertiary/aromatic N) is 3. The summed E-state index contributed by atoms with van der Waals surface area (Å²) in [7, 11) is 0. The van der Waals surface area contributed by atoms with Crippen LogP contribution >= 0.6 is 0 Å². The first-order chi connectivity index (χ1) is 9.33. The Morgan fingerprint density at radius 2 is 1.95 bits per heavy atom. The Morgan fingerprint density at radius 3 is 2.53 bits per heavy atom. The van der Waals surface area contributed by atoms with Crippen molar-refractivity contribution in [3.63, 3.8) is 0 Å². The van der Waals surface area contributed by atoms with Crippen molar-refractivity contribution in [3.8, 4) is 0 Å². The zero-order valence-electron chi connectivity index (χ0n) is 12.0. The van der Waals surface area contributed by atoms with Crippen LogP contribution in [0.4, 0.5) is 5.82 Å². The smallest absolute Gasteiger partial charge is 0.128 e. The molecule has 2 N–H and O–H groups in total. The number of hydrogen-bond donors (Lipinski definition) is 1. The molecule has 0 saturated carbocycles. The second-order valence-electron chi connectivity index (χ2n) is 5.26. The fraction of sp³-hybridized carbons (Fsp3) is 0.667. The monoisotopic (exact) mass is 262 g/mol. The van der Waals surface area contributed by atoms with Gasteiger partial charge in [-0.05, 0) is 24.6 Å². The molecule has 0 aliphatic carbocycles. The van der Waals surface area contributed by atoms with Crippen LogP contribution in [0, 0.1) is 0 Å². The van der Waals surface area contributed by atoms with Crippen molar-refractivity contribution in [1.29, 1.82) is 0 Å². The molecule has 2 heterocycles. The van der Waals surface area contributed by atoms with E-state index in [4.69, 9.17) is 5.73 Å². The molecule has 0 amide bonds. The highest BCUT2D eigenvalue weighted by atomic mass is 15.3. The second kappa shape index (κ2) is 7.46. The van der Waals surface area contributed by atoms with Gasteiger partial charge in [-0.2, -0.15) is 0 Å². The number of rotatable bonds is 6. The van der Waals surface area contributed by atoms with Crippen molar-refractivity contribution in [3.05, 3.63) is 23.9 Å². The molecule has 0 unspecified atom stereocenters. The minimum absolute atomic E-state index is 0.568. The molecule has 0 spiro atoms. The molecular weight excluding hydrogens is 236 g/mol. The van der Waals surface area contributed by atoms with Crippen molar-refractivity contribution >= 4 is 5.82 Å². The van der Waals surface area contributed by atoms with Crippen molar-refractivity contribution < 1.29 is 0 Å². The standard InChI is InChI=1S/C15H26N4/c1-2-3-4-7-18-8-10-19(11-9-18)15-6-5-14(12-16)13-17-15/h5-6,13H,2-4,7-12,16H2,1H3. The van der Waals surface area contributed by atoms with Crippen LogP contribution in [0.2, 0.25) is 0 Å². The van der Waals surface area contributed by atoms with Crippen LogP contribution in [-0.2, 0) is 6.54 Å². The molecule has 0 atom stereocenters. The number of unbranched alkanes of at least 4 members (excludes halogenated alkanes) is 2. The third kappa shape index (κ3) is 4.18. The van der Waals surface area contributed by atoms with Crippen LogP contribution < -0.4 is 10.6 Å². The van der Waals surface area contributed by atoms with Gasteiger partial charge < -0.3 is 10.6 Å². The molecule has 0 aromatic carbocycles. The van der Waals surface area contributed by atoms with E-state index in [1.165, 1.54) is 25.8 Å². The fourth-order valence-electron chi connectivity index (χ4n) is 2.51. The van der Waals surface area contributed by atoms with Gasteiger partial charge in [0.15, 0.2) is 0 Å². The van der Waals surface area contributed by atoms with E-state index in [0.717, 1.165) is 37.6 Å². The summed E-state index contributed by atoms with van der Waals surface area (Å²) >= 11 is 0. The van der Waals surface area contributed by atoms with E-state index in [2.05, 4.69) is 33.8 Å². The minimum atomic E-state index is 0.568. The van der Waals surface area contributed by atoms with E-state index in [9.17, 15) is 0 Å². The summed E-state index contributed by atoms with van der Waals surface area (Å²) in [6.07, 6.45) is 5.88. The highest BCUT2D eigenvalue weighted by molar-refractivity contribution is 5.39. The van der Waals surface area contributed by atoms with E-state index in [-0.39, 0.29) is 0 Å². The van der Waals surface area contributed by atoms with Crippen LogP contribution in [0.3, 0.4) is 0 Å². The molecule has 1 fully saturated rings. The summed E-state index contributed by atoms with van der Waals surface area (Å²) < 4.78 is 0. The molecular formula is C15H26N4. The molecule has 19 heavy (non-hydrogen) atoms. The number of pyridine rings is 1. The number of hydrogen-bond acceptors (Lipinski definition) is 4. The van der Waals surface area contributed by atoms with Crippen molar-refractivity contribution in [2.24, 2.45) is 5.73 Å². The number of nitrogens with two attached hydrogens (primary N) is 1. The molecule has 2 rings (SSSR count). The highest BCUT2D eigenvalue weighted by Crippen LogP contribution is 2.14. The highest BCUT2D eigenvalue weighted by Gasteiger charge is 2.17. The predicted molar refractivity (Wildman–Crippen MR) is 80.3 cm³/mol. The molecule has 1 saturated heterocycles. The van der Waals surface area contributed by atoms with Gasteiger partial charge >= 0.3 is 0 Å². The van der Waals surface area contributed by atoms with E-state index in [0.29, 0.717) is 6.54 Å². The van der Waals surface area contributed by atoms with E-state index < -0.39 is 0 Å². The molecule has 1 aromatic rings. The summed E-state index contributed by atoms with van der Waals surface area (Å²) in [6, 6.07) is 4.17. The SMILES string of the molecule is CCCCCN1CCN(c2ccc(CN)cn2)CC1. The molecule has 0 bridgehead atoms. The van der Waals surface area contributed by atoms with Crippen LogP contribution in [0.25, 0.3) is 0 Å². The molecule has 4 nitrogen and oxygen atoms in total. The Hall–Kier alpha value is -1.13. The quantitative estimate of drug-likeness (QED) is 0.795. The van der Waals surface area contributed by atoms with Crippen LogP contribution in [0.1, 0.15) is 31.7 Å². The van der Waals surface area contributed by atoms with Crippen molar-refractivity contribution in [2.45, 2.75) is 32.7 Å². The number of piperazine rings is 1. The lowest BCUT2D eigenvalue weighted by Crippen LogP contribution is -2.46. The van der Waals surface area contributed by atoms with Crippen molar-refractivity contribution in [1.82, 2.24) is 9.88 Å². The van der Waals surface area contributed by atoms with E-state index in [1.807, 2.05) is 6.20 Å². The first-order valence-electron chi connectivity index (χ1n) is 7.45. The van der Waals surface area contributed by atoms with Gasteiger partial charge in [-0.25, -0.2) is 4.98 Å². The molecule has 1 aliphatic heterocycles. The topological polar surface area (TPSA) is 45.4 Å². The van der Waals surface area contributed by atoms with Gasteiger partial charge in [0.05, 0.1) is 0 Å². The Morgan fingerprint density at radius 1 is 1.16 bits per heavy atom. The largest absolute Gasteiger partial charge is 0.354 e. The lowest BCUT2D eigenvalue weighted by atomic mass is 10.2. The van der Waals surface area contributed by atoms with Gasteiger partial charge in [-0.1, -0.05) is 25.8 Å². The van der Waals surface area contributed by atoms with E-state index >= 15 is 0 Å². The Balaban J connectivity index is 1.78. The van der Waals surface area contributed by atoms with Crippen LogP contribution in [0.15, 0.2) is 18.3 Å².